The number of aromatic amines is 1. The van der Waals surface area contributed by atoms with Crippen molar-refractivity contribution < 1.29 is 14.3 Å². The van der Waals surface area contributed by atoms with Crippen molar-refractivity contribution in [1.29, 1.82) is 0 Å². The Morgan fingerprint density at radius 1 is 1.14 bits per heavy atom. The number of carbonyl (C=O) groups is 1. The molecule has 0 fully saturated rings. The maximum atomic E-state index is 10.9. The Morgan fingerprint density at radius 3 is 2.67 bits per heavy atom. The Labute approximate surface area is 122 Å². The van der Waals surface area contributed by atoms with Gasteiger partial charge in [-0.2, -0.15) is 0 Å². The van der Waals surface area contributed by atoms with E-state index in [9.17, 15) is 4.79 Å². The molecule has 21 heavy (non-hydrogen) atoms. The Hall–Kier alpha value is -2.75. The number of rotatable bonds is 5. The molecule has 0 saturated heterocycles. The zero-order valence-corrected chi connectivity index (χ0v) is 11.6. The van der Waals surface area contributed by atoms with Crippen molar-refractivity contribution in [1.82, 2.24) is 4.98 Å². The van der Waals surface area contributed by atoms with Crippen molar-refractivity contribution in [3.63, 3.8) is 0 Å². The average molecular weight is 281 g/mol. The minimum Gasteiger partial charge on any atom is -0.493 e. The van der Waals surface area contributed by atoms with E-state index >= 15 is 0 Å². The molecule has 3 aromatic rings. The summed E-state index contributed by atoms with van der Waals surface area (Å²) in [4.78, 5) is 13.9. The summed E-state index contributed by atoms with van der Waals surface area (Å²) in [5.41, 5.74) is 2.44. The molecule has 0 amide bonds. The molecule has 0 unspecified atom stereocenters. The summed E-state index contributed by atoms with van der Waals surface area (Å²) in [6.07, 6.45) is 0.785. The third-order valence-electron chi connectivity index (χ3n) is 3.31. The number of H-pyrrole nitrogens is 1. The van der Waals surface area contributed by atoms with Crippen molar-refractivity contribution in [3.05, 3.63) is 59.8 Å². The van der Waals surface area contributed by atoms with E-state index < -0.39 is 0 Å². The first kappa shape index (κ1) is 13.2. The SMILES string of the molecule is COc1ccc2[nH]c(C=O)cc2c1OCc1ccccc1. The first-order valence-corrected chi connectivity index (χ1v) is 6.63. The van der Waals surface area contributed by atoms with Gasteiger partial charge in [0.05, 0.1) is 12.8 Å². The summed E-state index contributed by atoms with van der Waals surface area (Å²) in [5, 5.41) is 0.840. The lowest BCUT2D eigenvalue weighted by molar-refractivity contribution is 0.112. The lowest BCUT2D eigenvalue weighted by atomic mass is 10.2. The van der Waals surface area contributed by atoms with E-state index in [-0.39, 0.29) is 0 Å². The molecule has 2 aromatic carbocycles. The number of fused-ring (bicyclic) bond motifs is 1. The van der Waals surface area contributed by atoms with E-state index in [1.165, 1.54) is 0 Å². The molecule has 0 atom stereocenters. The van der Waals surface area contributed by atoms with Crippen LogP contribution in [0, 0.1) is 0 Å². The predicted octanol–water partition coefficient (Wildman–Crippen LogP) is 3.57. The second-order valence-electron chi connectivity index (χ2n) is 4.67. The maximum absolute atomic E-state index is 10.9. The van der Waals surface area contributed by atoms with Crippen LogP contribution >= 0.6 is 0 Å². The summed E-state index contributed by atoms with van der Waals surface area (Å²) < 4.78 is 11.3. The molecule has 0 aliphatic heterocycles. The van der Waals surface area contributed by atoms with Gasteiger partial charge in [0.15, 0.2) is 17.8 Å². The van der Waals surface area contributed by atoms with Gasteiger partial charge in [-0.3, -0.25) is 4.79 Å². The van der Waals surface area contributed by atoms with Crippen LogP contribution < -0.4 is 9.47 Å². The first-order chi connectivity index (χ1) is 10.3. The van der Waals surface area contributed by atoms with E-state index in [4.69, 9.17) is 9.47 Å². The van der Waals surface area contributed by atoms with Crippen LogP contribution in [0.15, 0.2) is 48.5 Å². The zero-order valence-electron chi connectivity index (χ0n) is 11.6. The summed E-state index contributed by atoms with van der Waals surface area (Å²) in [6.45, 7) is 0.442. The number of methoxy groups -OCH3 is 1. The number of aldehydes is 1. The van der Waals surface area contributed by atoms with Crippen LogP contribution in [-0.2, 0) is 6.61 Å². The highest BCUT2D eigenvalue weighted by atomic mass is 16.5. The number of carbonyl (C=O) groups excluding carboxylic acids is 1. The molecule has 0 aliphatic rings. The second kappa shape index (κ2) is 5.71. The van der Waals surface area contributed by atoms with Crippen molar-refractivity contribution >= 4 is 17.2 Å². The van der Waals surface area contributed by atoms with Crippen LogP contribution in [0.25, 0.3) is 10.9 Å². The van der Waals surface area contributed by atoms with Gasteiger partial charge in [0, 0.05) is 10.9 Å². The van der Waals surface area contributed by atoms with Gasteiger partial charge in [0.25, 0.3) is 0 Å². The number of hydrogen-bond acceptors (Lipinski definition) is 3. The molecule has 0 aliphatic carbocycles. The number of benzene rings is 2. The fraction of sp³-hybridized carbons (Fsp3) is 0.118. The average Bonchev–Trinajstić information content (AvgIpc) is 2.97. The van der Waals surface area contributed by atoms with Crippen LogP contribution in [0.2, 0.25) is 0 Å². The molecule has 4 nitrogen and oxygen atoms in total. The van der Waals surface area contributed by atoms with Gasteiger partial charge < -0.3 is 14.5 Å². The van der Waals surface area contributed by atoms with E-state index in [0.29, 0.717) is 23.8 Å². The second-order valence-corrected chi connectivity index (χ2v) is 4.67. The summed E-state index contributed by atoms with van der Waals surface area (Å²) in [6, 6.07) is 15.4. The molecule has 0 bridgehead atoms. The minimum atomic E-state index is 0.442. The van der Waals surface area contributed by atoms with E-state index in [1.807, 2.05) is 42.5 Å². The Balaban J connectivity index is 1.98. The molecule has 0 saturated carbocycles. The maximum Gasteiger partial charge on any atom is 0.171 e. The third kappa shape index (κ3) is 2.60. The molecule has 4 heteroatoms. The molecule has 1 aromatic heterocycles. The van der Waals surface area contributed by atoms with E-state index in [1.54, 1.807) is 13.2 Å². The highest BCUT2D eigenvalue weighted by Gasteiger charge is 2.12. The number of aromatic nitrogens is 1. The van der Waals surface area contributed by atoms with Gasteiger partial charge in [0.2, 0.25) is 0 Å². The third-order valence-corrected chi connectivity index (χ3v) is 3.31. The van der Waals surface area contributed by atoms with Crippen LogP contribution in [0.1, 0.15) is 16.1 Å². The topological polar surface area (TPSA) is 51.3 Å². The Morgan fingerprint density at radius 2 is 1.95 bits per heavy atom. The quantitative estimate of drug-likeness (QED) is 0.727. The summed E-state index contributed by atoms with van der Waals surface area (Å²) in [5.74, 6) is 1.29. The van der Waals surface area contributed by atoms with Gasteiger partial charge in [-0.05, 0) is 23.8 Å². The van der Waals surface area contributed by atoms with Crippen LogP contribution in [0.3, 0.4) is 0 Å². The first-order valence-electron chi connectivity index (χ1n) is 6.63. The van der Waals surface area contributed by atoms with Crippen LogP contribution in [0.5, 0.6) is 11.5 Å². The largest absolute Gasteiger partial charge is 0.493 e. The molecule has 1 N–H and O–H groups in total. The lowest BCUT2D eigenvalue weighted by Crippen LogP contribution is -1.97. The molecule has 0 radical (unpaired) electrons. The number of nitrogens with one attached hydrogen (secondary N) is 1. The monoisotopic (exact) mass is 281 g/mol. The van der Waals surface area contributed by atoms with Crippen LogP contribution in [0.4, 0.5) is 0 Å². The van der Waals surface area contributed by atoms with Crippen molar-refractivity contribution in [2.75, 3.05) is 7.11 Å². The van der Waals surface area contributed by atoms with Gasteiger partial charge >= 0.3 is 0 Å². The molecule has 3 rings (SSSR count). The van der Waals surface area contributed by atoms with E-state index in [2.05, 4.69) is 4.98 Å². The van der Waals surface area contributed by atoms with Gasteiger partial charge in [0.1, 0.15) is 6.61 Å². The smallest absolute Gasteiger partial charge is 0.171 e. The number of ether oxygens (including phenoxy) is 2. The summed E-state index contributed by atoms with van der Waals surface area (Å²) in [7, 11) is 1.60. The number of hydrogen-bond donors (Lipinski definition) is 1. The van der Waals surface area contributed by atoms with Crippen LogP contribution in [-0.4, -0.2) is 18.4 Å². The Kier molecular flexibility index (Phi) is 3.60. The predicted molar refractivity (Wildman–Crippen MR) is 81.0 cm³/mol. The normalized spacial score (nSPS) is 10.5. The van der Waals surface area contributed by atoms with Crippen molar-refractivity contribution in [2.45, 2.75) is 6.61 Å². The standard InChI is InChI=1S/C17H15NO3/c1-20-16-8-7-15-14(9-13(10-19)18-15)17(16)21-11-12-5-3-2-4-6-12/h2-10,18H,11H2,1H3. The molecular weight excluding hydrogens is 266 g/mol. The molecule has 1 heterocycles. The molecular formula is C17H15NO3. The fourth-order valence-electron chi connectivity index (χ4n) is 2.28. The Bertz CT molecular complexity index is 762. The lowest BCUT2D eigenvalue weighted by Gasteiger charge is -2.12. The van der Waals surface area contributed by atoms with Crippen molar-refractivity contribution in [2.24, 2.45) is 0 Å². The van der Waals surface area contributed by atoms with Crippen molar-refractivity contribution in [3.8, 4) is 11.5 Å². The summed E-state index contributed by atoms with van der Waals surface area (Å²) >= 11 is 0. The minimum absolute atomic E-state index is 0.442. The highest BCUT2D eigenvalue weighted by molar-refractivity contribution is 5.93. The van der Waals surface area contributed by atoms with Gasteiger partial charge in [-0.25, -0.2) is 0 Å². The van der Waals surface area contributed by atoms with Gasteiger partial charge in [-0.1, -0.05) is 30.3 Å². The van der Waals surface area contributed by atoms with E-state index in [0.717, 1.165) is 22.8 Å². The highest BCUT2D eigenvalue weighted by Crippen LogP contribution is 2.36. The molecule has 0 spiro atoms. The fourth-order valence-corrected chi connectivity index (χ4v) is 2.28. The van der Waals surface area contributed by atoms with Gasteiger partial charge in [-0.15, -0.1) is 0 Å². The zero-order chi connectivity index (χ0) is 14.7. The molecule has 106 valence electrons.